The van der Waals surface area contributed by atoms with Gasteiger partial charge in [0.25, 0.3) is 10.0 Å². The van der Waals surface area contributed by atoms with Crippen LogP contribution in [0.2, 0.25) is 0 Å². The molecule has 110 valence electrons. The molecule has 0 saturated heterocycles. The topological polar surface area (TPSA) is 115 Å². The van der Waals surface area contributed by atoms with Crippen molar-refractivity contribution in [3.8, 4) is 5.88 Å². The van der Waals surface area contributed by atoms with Crippen molar-refractivity contribution >= 4 is 26.6 Å². The number of aromatic amines is 1. The molecule has 0 fully saturated rings. The molecule has 0 bridgehead atoms. The molecule has 0 aliphatic carbocycles. The van der Waals surface area contributed by atoms with Gasteiger partial charge in [-0.1, -0.05) is 0 Å². The number of aromatic nitrogens is 5. The Morgan fingerprint density at radius 3 is 2.81 bits per heavy atom. The third-order valence-electron chi connectivity index (χ3n) is 2.95. The molecule has 9 nitrogen and oxygen atoms in total. The molecular formula is C11H12N6O3S. The van der Waals surface area contributed by atoms with Gasteiger partial charge in [0.15, 0.2) is 0 Å². The number of ether oxygens (including phenoxy) is 1. The van der Waals surface area contributed by atoms with Crippen molar-refractivity contribution in [1.82, 2.24) is 25.0 Å². The number of hydrogen-bond donors (Lipinski definition) is 2. The second kappa shape index (κ2) is 4.74. The third kappa shape index (κ3) is 2.18. The van der Waals surface area contributed by atoms with Crippen molar-refractivity contribution in [2.75, 3.05) is 11.8 Å². The molecule has 0 saturated carbocycles. The zero-order chi connectivity index (χ0) is 15.0. The van der Waals surface area contributed by atoms with Gasteiger partial charge in [-0.15, -0.1) is 0 Å². The quantitative estimate of drug-likeness (QED) is 0.725. The standard InChI is InChI=1S/C11H12N6O3S/c1-17-10-7(4-15-17)3-12-11(20-2)9(10)16-21(18,19)8-5-13-14-6-8/h3-6,16H,1-2H3,(H,13,14). The normalized spacial score (nSPS) is 11.7. The van der Waals surface area contributed by atoms with Gasteiger partial charge in [0.2, 0.25) is 5.88 Å². The van der Waals surface area contributed by atoms with E-state index in [9.17, 15) is 8.42 Å². The van der Waals surface area contributed by atoms with Crippen molar-refractivity contribution in [2.24, 2.45) is 7.05 Å². The minimum Gasteiger partial charge on any atom is -0.479 e. The predicted molar refractivity (Wildman–Crippen MR) is 74.5 cm³/mol. The van der Waals surface area contributed by atoms with E-state index in [0.717, 1.165) is 0 Å². The lowest BCUT2D eigenvalue weighted by atomic mass is 10.3. The maximum Gasteiger partial charge on any atom is 0.265 e. The summed E-state index contributed by atoms with van der Waals surface area (Å²) < 4.78 is 33.8. The van der Waals surface area contributed by atoms with Crippen LogP contribution >= 0.6 is 0 Å². The maximum atomic E-state index is 12.3. The molecule has 3 aromatic heterocycles. The second-order valence-electron chi connectivity index (χ2n) is 4.25. The van der Waals surface area contributed by atoms with Gasteiger partial charge in [-0.25, -0.2) is 13.4 Å². The van der Waals surface area contributed by atoms with Crippen LogP contribution in [0.4, 0.5) is 5.69 Å². The van der Waals surface area contributed by atoms with Crippen molar-refractivity contribution in [1.29, 1.82) is 0 Å². The fourth-order valence-electron chi connectivity index (χ4n) is 1.98. The Kier molecular flexibility index (Phi) is 3.01. The van der Waals surface area contributed by atoms with Crippen molar-refractivity contribution < 1.29 is 13.2 Å². The number of nitrogens with one attached hydrogen (secondary N) is 2. The predicted octanol–water partition coefficient (Wildman–Crippen LogP) is 0.501. The summed E-state index contributed by atoms with van der Waals surface area (Å²) in [4.78, 5) is 4.10. The van der Waals surface area contributed by atoms with Crippen LogP contribution < -0.4 is 9.46 Å². The average molecular weight is 308 g/mol. The SMILES string of the molecule is COc1ncc2cnn(C)c2c1NS(=O)(=O)c1cn[nH]c1. The summed E-state index contributed by atoms with van der Waals surface area (Å²) in [5.41, 5.74) is 0.810. The van der Waals surface area contributed by atoms with E-state index >= 15 is 0 Å². The third-order valence-corrected chi connectivity index (χ3v) is 4.27. The summed E-state index contributed by atoms with van der Waals surface area (Å²) >= 11 is 0. The van der Waals surface area contributed by atoms with Crippen molar-refractivity contribution in [3.63, 3.8) is 0 Å². The smallest absolute Gasteiger partial charge is 0.265 e. The maximum absolute atomic E-state index is 12.3. The highest BCUT2D eigenvalue weighted by Crippen LogP contribution is 2.32. The summed E-state index contributed by atoms with van der Waals surface area (Å²) in [6, 6.07) is 0. The number of sulfonamides is 1. The molecule has 0 aliphatic rings. The van der Waals surface area contributed by atoms with E-state index in [2.05, 4.69) is 25.0 Å². The molecule has 10 heteroatoms. The Morgan fingerprint density at radius 1 is 1.33 bits per heavy atom. The summed E-state index contributed by atoms with van der Waals surface area (Å²) in [5, 5.41) is 10.9. The van der Waals surface area contributed by atoms with Gasteiger partial charge in [-0.2, -0.15) is 10.2 Å². The molecule has 0 radical (unpaired) electrons. The molecule has 3 rings (SSSR count). The highest BCUT2D eigenvalue weighted by molar-refractivity contribution is 7.92. The van der Waals surface area contributed by atoms with Crippen molar-refractivity contribution in [3.05, 3.63) is 24.8 Å². The number of fused-ring (bicyclic) bond motifs is 1. The summed E-state index contributed by atoms with van der Waals surface area (Å²) in [5.74, 6) is 0.165. The molecular weight excluding hydrogens is 296 g/mol. The van der Waals surface area contributed by atoms with Crippen LogP contribution in [0.3, 0.4) is 0 Å². The highest BCUT2D eigenvalue weighted by atomic mass is 32.2. The Bertz CT molecular complexity index is 884. The second-order valence-corrected chi connectivity index (χ2v) is 5.94. The number of nitrogens with zero attached hydrogens (tertiary/aromatic N) is 4. The minimum atomic E-state index is -3.79. The molecule has 0 amide bonds. The van der Waals surface area contributed by atoms with Crippen LogP contribution in [0.5, 0.6) is 5.88 Å². The summed E-state index contributed by atoms with van der Waals surface area (Å²) in [7, 11) is -0.671. The summed E-state index contributed by atoms with van der Waals surface area (Å²) in [6.45, 7) is 0. The van der Waals surface area contributed by atoms with E-state index in [4.69, 9.17) is 4.74 Å². The molecule has 3 heterocycles. The monoisotopic (exact) mass is 308 g/mol. The first kappa shape index (κ1) is 13.4. The van der Waals surface area contributed by atoms with E-state index in [1.54, 1.807) is 24.1 Å². The van der Waals surface area contributed by atoms with Gasteiger partial charge in [0.1, 0.15) is 10.6 Å². The van der Waals surface area contributed by atoms with E-state index in [1.807, 2.05) is 0 Å². The van der Waals surface area contributed by atoms with Crippen LogP contribution in [-0.2, 0) is 17.1 Å². The first-order valence-corrected chi connectivity index (χ1v) is 7.37. The molecule has 0 unspecified atom stereocenters. The molecule has 2 N–H and O–H groups in total. The van der Waals surface area contributed by atoms with E-state index in [0.29, 0.717) is 10.9 Å². The van der Waals surface area contributed by atoms with Gasteiger partial charge < -0.3 is 4.74 Å². The Morgan fingerprint density at radius 2 is 2.14 bits per heavy atom. The zero-order valence-corrected chi connectivity index (χ0v) is 12.0. The lowest BCUT2D eigenvalue weighted by Gasteiger charge is -2.11. The van der Waals surface area contributed by atoms with E-state index in [-0.39, 0.29) is 16.5 Å². The van der Waals surface area contributed by atoms with Crippen LogP contribution in [0, 0.1) is 0 Å². The van der Waals surface area contributed by atoms with Crippen LogP contribution in [0.15, 0.2) is 29.7 Å². The Hall–Kier alpha value is -2.62. The molecule has 0 atom stereocenters. The fraction of sp³-hybridized carbons (Fsp3) is 0.182. The Balaban J connectivity index is 2.18. The highest BCUT2D eigenvalue weighted by Gasteiger charge is 2.22. The van der Waals surface area contributed by atoms with Crippen LogP contribution in [0.25, 0.3) is 10.9 Å². The van der Waals surface area contributed by atoms with Gasteiger partial charge in [-0.3, -0.25) is 14.5 Å². The number of hydrogen-bond acceptors (Lipinski definition) is 6. The van der Waals surface area contributed by atoms with Gasteiger partial charge in [0, 0.05) is 24.8 Å². The first-order valence-electron chi connectivity index (χ1n) is 5.89. The molecule has 0 aromatic carbocycles. The van der Waals surface area contributed by atoms with Gasteiger partial charge >= 0.3 is 0 Å². The minimum absolute atomic E-state index is 0.0173. The zero-order valence-electron chi connectivity index (χ0n) is 11.2. The number of H-pyrrole nitrogens is 1. The fourth-order valence-corrected chi connectivity index (χ4v) is 2.95. The number of methoxy groups -OCH3 is 1. The molecule has 0 aliphatic heterocycles. The number of rotatable bonds is 4. The molecule has 21 heavy (non-hydrogen) atoms. The number of anilines is 1. The first-order chi connectivity index (χ1) is 10.0. The van der Waals surface area contributed by atoms with Crippen LogP contribution in [0.1, 0.15) is 0 Å². The lowest BCUT2D eigenvalue weighted by Crippen LogP contribution is -2.14. The average Bonchev–Trinajstić information content (AvgIpc) is 3.09. The number of pyridine rings is 1. The Labute approximate surface area is 120 Å². The van der Waals surface area contributed by atoms with Crippen molar-refractivity contribution in [2.45, 2.75) is 4.90 Å². The van der Waals surface area contributed by atoms with Gasteiger partial charge in [-0.05, 0) is 0 Å². The van der Waals surface area contributed by atoms with E-state index < -0.39 is 10.0 Å². The van der Waals surface area contributed by atoms with Gasteiger partial charge in [0.05, 0.1) is 25.0 Å². The largest absolute Gasteiger partial charge is 0.479 e. The molecule has 3 aromatic rings. The number of aryl methyl sites for hydroxylation is 1. The molecule has 0 spiro atoms. The van der Waals surface area contributed by atoms with Crippen LogP contribution in [-0.4, -0.2) is 40.5 Å². The lowest BCUT2D eigenvalue weighted by molar-refractivity contribution is 0.400. The summed E-state index contributed by atoms with van der Waals surface area (Å²) in [6.07, 6.45) is 5.66. The van der Waals surface area contributed by atoms with E-state index in [1.165, 1.54) is 19.5 Å².